The number of esters is 1. The van der Waals surface area contributed by atoms with Crippen molar-refractivity contribution in [3.8, 4) is 0 Å². The Kier molecular flexibility index (Phi) is 6.98. The van der Waals surface area contributed by atoms with E-state index in [-0.39, 0.29) is 23.0 Å². The summed E-state index contributed by atoms with van der Waals surface area (Å²) in [5.41, 5.74) is 0. The molecule has 3 heterocycles. The molecule has 8 nitrogen and oxygen atoms in total. The predicted octanol–water partition coefficient (Wildman–Crippen LogP) is 0.668. The number of likely N-dealkylation sites (tertiary alicyclic amines) is 3. The number of alkyl halides is 1. The number of hydrogen-bond donors (Lipinski definition) is 1. The van der Waals surface area contributed by atoms with Gasteiger partial charge in [0, 0.05) is 24.9 Å². The van der Waals surface area contributed by atoms with Crippen LogP contribution in [0.5, 0.6) is 0 Å². The van der Waals surface area contributed by atoms with E-state index in [1.54, 1.807) is 11.8 Å². The van der Waals surface area contributed by atoms with Crippen LogP contribution in [0.2, 0.25) is 0 Å². The summed E-state index contributed by atoms with van der Waals surface area (Å²) in [5.74, 6) is -1.17. The summed E-state index contributed by atoms with van der Waals surface area (Å²) >= 11 is 10.4. The number of hydrogen-bond acceptors (Lipinski definition) is 6. The third-order valence-electron chi connectivity index (χ3n) is 6.02. The minimum atomic E-state index is -0.697. The number of rotatable bonds is 4. The van der Waals surface area contributed by atoms with Gasteiger partial charge in [0.1, 0.15) is 23.5 Å². The second-order valence-electron chi connectivity index (χ2n) is 7.91. The maximum atomic E-state index is 13.3. The Morgan fingerprint density at radius 2 is 1.52 bits per heavy atom. The Labute approximate surface area is 181 Å². The third kappa shape index (κ3) is 4.35. The van der Waals surface area contributed by atoms with Gasteiger partial charge in [0.2, 0.25) is 17.7 Å². The summed E-state index contributed by atoms with van der Waals surface area (Å²) in [7, 11) is 1.30. The van der Waals surface area contributed by atoms with E-state index < -0.39 is 29.5 Å². The highest BCUT2D eigenvalue weighted by atomic mass is 35.5. The quantitative estimate of drug-likeness (QED) is 0.390. The van der Waals surface area contributed by atoms with Crippen LogP contribution in [-0.2, 0) is 23.9 Å². The number of nitrogens with zero attached hydrogens (tertiary/aromatic N) is 3. The molecule has 5 atom stereocenters. The van der Waals surface area contributed by atoms with E-state index in [1.807, 2.05) is 0 Å². The summed E-state index contributed by atoms with van der Waals surface area (Å²) in [5, 5.41) is -0.807. The molecule has 162 valence electrons. The molecule has 0 aromatic rings. The zero-order valence-corrected chi connectivity index (χ0v) is 18.4. The molecule has 0 unspecified atom stereocenters. The van der Waals surface area contributed by atoms with Gasteiger partial charge in [-0.2, -0.15) is 12.6 Å². The van der Waals surface area contributed by atoms with E-state index in [4.69, 9.17) is 16.3 Å². The summed E-state index contributed by atoms with van der Waals surface area (Å²) < 4.78 is 4.84. The van der Waals surface area contributed by atoms with Gasteiger partial charge in [0.15, 0.2) is 0 Å². The standard InChI is InChI=1S/C19H28ClN3O5S/c1-11(20)16(24)21-7-3-5-13(21)17(25)22-8-4-6-14(22)18(26)23-10-12(29)9-15(23)19(27)28-2/h11-15,29H,3-10H2,1-2H3/t11-,12-,13-,14-,15-/m0/s1. The van der Waals surface area contributed by atoms with Crippen LogP contribution in [0.3, 0.4) is 0 Å². The van der Waals surface area contributed by atoms with Crippen LogP contribution >= 0.6 is 24.2 Å². The van der Waals surface area contributed by atoms with E-state index in [0.29, 0.717) is 45.3 Å². The first kappa shape index (κ1) is 22.2. The van der Waals surface area contributed by atoms with Crippen LogP contribution in [0.4, 0.5) is 0 Å². The van der Waals surface area contributed by atoms with Crippen molar-refractivity contribution in [1.82, 2.24) is 14.7 Å². The summed E-state index contributed by atoms with van der Waals surface area (Å²) in [6, 6.07) is -1.88. The summed E-state index contributed by atoms with van der Waals surface area (Å²) in [6.07, 6.45) is 2.98. The van der Waals surface area contributed by atoms with Gasteiger partial charge in [-0.15, -0.1) is 11.6 Å². The summed E-state index contributed by atoms with van der Waals surface area (Å²) in [4.78, 5) is 55.6. The molecular weight excluding hydrogens is 418 g/mol. The maximum absolute atomic E-state index is 13.3. The van der Waals surface area contributed by atoms with Crippen molar-refractivity contribution >= 4 is 47.9 Å². The molecule has 0 spiro atoms. The van der Waals surface area contributed by atoms with Crippen LogP contribution in [0.1, 0.15) is 39.0 Å². The van der Waals surface area contributed by atoms with Crippen LogP contribution < -0.4 is 0 Å². The van der Waals surface area contributed by atoms with Crippen molar-refractivity contribution in [2.24, 2.45) is 0 Å². The molecule has 3 amide bonds. The number of thiol groups is 1. The monoisotopic (exact) mass is 445 g/mol. The molecule has 0 saturated carbocycles. The molecule has 29 heavy (non-hydrogen) atoms. The van der Waals surface area contributed by atoms with Crippen molar-refractivity contribution in [3.63, 3.8) is 0 Å². The fraction of sp³-hybridized carbons (Fsp3) is 0.789. The van der Waals surface area contributed by atoms with Crippen LogP contribution in [-0.4, -0.2) is 93.9 Å². The van der Waals surface area contributed by atoms with Gasteiger partial charge in [0.05, 0.1) is 7.11 Å². The smallest absolute Gasteiger partial charge is 0.328 e. The fourth-order valence-corrected chi connectivity index (χ4v) is 5.10. The molecule has 3 aliphatic heterocycles. The van der Waals surface area contributed by atoms with E-state index in [2.05, 4.69) is 12.6 Å². The largest absolute Gasteiger partial charge is 0.467 e. The van der Waals surface area contributed by atoms with Gasteiger partial charge in [-0.25, -0.2) is 4.79 Å². The Balaban J connectivity index is 1.75. The molecule has 0 aliphatic carbocycles. The van der Waals surface area contributed by atoms with Gasteiger partial charge < -0.3 is 19.4 Å². The van der Waals surface area contributed by atoms with Gasteiger partial charge in [-0.05, 0) is 39.0 Å². The number of halogens is 1. The minimum Gasteiger partial charge on any atom is -0.467 e. The lowest BCUT2D eigenvalue weighted by Gasteiger charge is -2.34. The van der Waals surface area contributed by atoms with E-state index in [0.717, 1.165) is 6.42 Å². The van der Waals surface area contributed by atoms with E-state index in [9.17, 15) is 19.2 Å². The predicted molar refractivity (Wildman–Crippen MR) is 110 cm³/mol. The number of carbonyl (C=O) groups is 4. The minimum absolute atomic E-state index is 0.109. The van der Waals surface area contributed by atoms with Crippen molar-refractivity contribution in [3.05, 3.63) is 0 Å². The lowest BCUT2D eigenvalue weighted by atomic mass is 10.1. The fourth-order valence-electron chi connectivity index (χ4n) is 4.60. The van der Waals surface area contributed by atoms with Gasteiger partial charge in [-0.1, -0.05) is 0 Å². The van der Waals surface area contributed by atoms with Crippen LogP contribution in [0.25, 0.3) is 0 Å². The topological polar surface area (TPSA) is 87.2 Å². The zero-order valence-electron chi connectivity index (χ0n) is 16.8. The number of amides is 3. The molecule has 0 N–H and O–H groups in total. The molecule has 0 radical (unpaired) electrons. The van der Waals surface area contributed by atoms with Crippen LogP contribution in [0.15, 0.2) is 0 Å². The normalized spacial score (nSPS) is 30.6. The molecule has 3 aliphatic rings. The molecule has 0 aromatic heterocycles. The Hall–Kier alpha value is -1.48. The average molecular weight is 446 g/mol. The first-order chi connectivity index (χ1) is 13.8. The zero-order chi connectivity index (χ0) is 21.3. The number of ether oxygens (including phenoxy) is 1. The molecule has 3 rings (SSSR count). The molecular formula is C19H28ClN3O5S. The molecule has 3 fully saturated rings. The van der Waals surface area contributed by atoms with Gasteiger partial charge in [0.25, 0.3) is 0 Å². The number of methoxy groups -OCH3 is 1. The van der Waals surface area contributed by atoms with Crippen molar-refractivity contribution in [1.29, 1.82) is 0 Å². The van der Waals surface area contributed by atoms with Gasteiger partial charge in [-0.3, -0.25) is 14.4 Å². The third-order valence-corrected chi connectivity index (χ3v) is 6.58. The molecule has 0 aromatic carbocycles. The second kappa shape index (κ2) is 9.12. The lowest BCUT2D eigenvalue weighted by molar-refractivity contribution is -0.155. The highest BCUT2D eigenvalue weighted by Gasteiger charge is 2.47. The highest BCUT2D eigenvalue weighted by Crippen LogP contribution is 2.30. The maximum Gasteiger partial charge on any atom is 0.328 e. The van der Waals surface area contributed by atoms with E-state index >= 15 is 0 Å². The molecule has 3 saturated heterocycles. The number of carbonyl (C=O) groups excluding carboxylic acids is 4. The Morgan fingerprint density at radius 1 is 0.966 bits per heavy atom. The molecule has 10 heteroatoms. The van der Waals surface area contributed by atoms with Crippen molar-refractivity contribution in [2.75, 3.05) is 26.7 Å². The highest BCUT2D eigenvalue weighted by molar-refractivity contribution is 7.81. The van der Waals surface area contributed by atoms with Crippen molar-refractivity contribution in [2.45, 2.75) is 67.8 Å². The van der Waals surface area contributed by atoms with Crippen LogP contribution in [0, 0.1) is 0 Å². The summed E-state index contributed by atoms with van der Waals surface area (Å²) in [6.45, 7) is 2.90. The first-order valence-corrected chi connectivity index (χ1v) is 11.0. The van der Waals surface area contributed by atoms with Crippen molar-refractivity contribution < 1.29 is 23.9 Å². The molecule has 0 bridgehead atoms. The average Bonchev–Trinajstić information content (AvgIpc) is 3.44. The lowest BCUT2D eigenvalue weighted by Crippen LogP contribution is -2.55. The second-order valence-corrected chi connectivity index (χ2v) is 9.30. The SMILES string of the molecule is COC(=O)[C@@H]1C[C@H](S)CN1C(=O)[C@@H]1CCCN1C(=O)[C@@H]1CCCN1C(=O)[C@H](C)Cl. The van der Waals surface area contributed by atoms with E-state index in [1.165, 1.54) is 16.9 Å². The Morgan fingerprint density at radius 3 is 2.10 bits per heavy atom. The Bertz CT molecular complexity index is 691. The van der Waals surface area contributed by atoms with Gasteiger partial charge >= 0.3 is 5.97 Å². The first-order valence-electron chi connectivity index (χ1n) is 10.1.